The van der Waals surface area contributed by atoms with Crippen molar-refractivity contribution in [1.29, 1.82) is 0 Å². The lowest BCUT2D eigenvalue weighted by Gasteiger charge is -2.41. The molecular formula is C28H29NO5. The van der Waals surface area contributed by atoms with E-state index < -0.39 is 17.8 Å². The molecular weight excluding hydrogens is 430 g/mol. The topological polar surface area (TPSA) is 82.0 Å². The zero-order valence-corrected chi connectivity index (χ0v) is 20.2. The Morgan fingerprint density at radius 1 is 0.853 bits per heavy atom. The van der Waals surface area contributed by atoms with Crippen LogP contribution in [0.3, 0.4) is 0 Å². The molecule has 1 aliphatic heterocycles. The minimum absolute atomic E-state index is 0.108. The van der Waals surface area contributed by atoms with Gasteiger partial charge < -0.3 is 9.47 Å². The molecule has 176 valence electrons. The summed E-state index contributed by atoms with van der Waals surface area (Å²) in [5.41, 5.74) is 5.01. The third-order valence-corrected chi connectivity index (χ3v) is 6.68. The van der Waals surface area contributed by atoms with E-state index in [0.29, 0.717) is 23.3 Å². The fourth-order valence-corrected chi connectivity index (χ4v) is 5.13. The van der Waals surface area contributed by atoms with E-state index in [1.54, 1.807) is 12.1 Å². The fourth-order valence-electron chi connectivity index (χ4n) is 5.13. The number of nitrogens with zero attached hydrogens (tertiary/aromatic N) is 1. The number of Topliss-reactive ketones (excluding diaryl/α,β-unsaturated/α-hetero) is 1. The van der Waals surface area contributed by atoms with Crippen molar-refractivity contribution >= 4 is 23.4 Å². The van der Waals surface area contributed by atoms with Gasteiger partial charge in [0.2, 0.25) is 0 Å². The fraction of sp³-hybridized carbons (Fsp3) is 0.357. The molecule has 2 aromatic rings. The van der Waals surface area contributed by atoms with Gasteiger partial charge in [-0.1, -0.05) is 50.2 Å². The predicted octanol–water partition coefficient (Wildman–Crippen LogP) is 5.13. The molecule has 6 heteroatoms. The molecule has 1 fully saturated rings. The molecule has 0 radical (unpaired) electrons. The molecule has 0 N–H and O–H groups in total. The second-order valence-electron chi connectivity index (χ2n) is 9.72. The van der Waals surface area contributed by atoms with Gasteiger partial charge in [0.05, 0.1) is 31.3 Å². The Bertz CT molecular complexity index is 1200. The van der Waals surface area contributed by atoms with Crippen molar-refractivity contribution in [3.05, 3.63) is 70.9 Å². The summed E-state index contributed by atoms with van der Waals surface area (Å²) in [7, 11) is 2.71. The summed E-state index contributed by atoms with van der Waals surface area (Å²) in [6.45, 7) is 5.97. The zero-order chi connectivity index (χ0) is 24.6. The Morgan fingerprint density at radius 3 is 1.97 bits per heavy atom. The first-order valence-corrected chi connectivity index (χ1v) is 11.3. The monoisotopic (exact) mass is 459 g/mol. The molecule has 0 saturated heterocycles. The van der Waals surface area contributed by atoms with E-state index in [4.69, 9.17) is 14.5 Å². The number of benzene rings is 2. The molecule has 0 spiro atoms. The smallest absolute Gasteiger partial charge is 0.337 e. The molecule has 1 heterocycles. The van der Waals surface area contributed by atoms with Gasteiger partial charge in [-0.05, 0) is 47.6 Å². The van der Waals surface area contributed by atoms with Gasteiger partial charge in [-0.25, -0.2) is 9.59 Å². The minimum atomic E-state index is -0.462. The van der Waals surface area contributed by atoms with Crippen LogP contribution in [0.5, 0.6) is 0 Å². The van der Waals surface area contributed by atoms with Crippen LogP contribution < -0.4 is 0 Å². The molecule has 2 unspecified atom stereocenters. The molecule has 1 aliphatic carbocycles. The first-order chi connectivity index (χ1) is 16.1. The third-order valence-electron chi connectivity index (χ3n) is 6.68. The molecule has 0 aromatic heterocycles. The van der Waals surface area contributed by atoms with Crippen molar-refractivity contribution in [3.8, 4) is 11.1 Å². The lowest BCUT2D eigenvalue weighted by Crippen LogP contribution is -2.44. The van der Waals surface area contributed by atoms with Gasteiger partial charge in [-0.2, -0.15) is 0 Å². The number of carbonyl (C=O) groups is 3. The third kappa shape index (κ3) is 4.32. The number of esters is 2. The van der Waals surface area contributed by atoms with Gasteiger partial charge in [0.25, 0.3) is 0 Å². The van der Waals surface area contributed by atoms with Crippen LogP contribution in [-0.2, 0) is 19.1 Å². The van der Waals surface area contributed by atoms with E-state index in [-0.39, 0.29) is 17.2 Å². The Morgan fingerprint density at radius 2 is 1.41 bits per heavy atom. The zero-order valence-electron chi connectivity index (χ0n) is 20.2. The van der Waals surface area contributed by atoms with Crippen LogP contribution in [-0.4, -0.2) is 37.7 Å². The standard InChI is InChI=1S/C28H29NO5/c1-16-23(27(32)34-5)24(25-21(29-16)14-28(2,3)15-22(25)30)19-10-6-17(7-11-19)18-8-12-20(13-9-18)26(31)33-4/h6-13,24-25H,14-15H2,1-5H3. The van der Waals surface area contributed by atoms with Crippen molar-refractivity contribution in [3.63, 3.8) is 0 Å². The normalized spacial score (nSPS) is 21.4. The van der Waals surface area contributed by atoms with Gasteiger partial charge >= 0.3 is 11.9 Å². The number of hydrogen-bond donors (Lipinski definition) is 0. The highest BCUT2D eigenvalue weighted by atomic mass is 16.5. The van der Waals surface area contributed by atoms with Crippen LogP contribution in [0.25, 0.3) is 11.1 Å². The highest BCUT2D eigenvalue weighted by Crippen LogP contribution is 2.47. The van der Waals surface area contributed by atoms with Crippen molar-refractivity contribution in [2.24, 2.45) is 16.3 Å². The lowest BCUT2D eigenvalue weighted by atomic mass is 9.63. The molecule has 34 heavy (non-hydrogen) atoms. The maximum Gasteiger partial charge on any atom is 0.337 e. The van der Waals surface area contributed by atoms with E-state index in [9.17, 15) is 14.4 Å². The Labute approximate surface area is 199 Å². The van der Waals surface area contributed by atoms with Gasteiger partial charge in [-0.15, -0.1) is 0 Å². The van der Waals surface area contributed by atoms with Crippen LogP contribution in [0.1, 0.15) is 55.5 Å². The van der Waals surface area contributed by atoms with Crippen LogP contribution >= 0.6 is 0 Å². The van der Waals surface area contributed by atoms with E-state index in [2.05, 4.69) is 13.8 Å². The van der Waals surface area contributed by atoms with Gasteiger partial charge in [-0.3, -0.25) is 9.79 Å². The number of ether oxygens (including phenoxy) is 2. The van der Waals surface area contributed by atoms with Crippen LogP contribution in [0, 0.1) is 11.3 Å². The molecule has 2 aromatic carbocycles. The Kier molecular flexibility index (Phi) is 6.26. The number of carbonyl (C=O) groups excluding carboxylic acids is 3. The van der Waals surface area contributed by atoms with E-state index in [1.807, 2.05) is 43.3 Å². The van der Waals surface area contributed by atoms with Crippen LogP contribution in [0.4, 0.5) is 0 Å². The van der Waals surface area contributed by atoms with E-state index in [0.717, 1.165) is 28.8 Å². The van der Waals surface area contributed by atoms with Crippen molar-refractivity contribution in [1.82, 2.24) is 0 Å². The van der Waals surface area contributed by atoms with E-state index >= 15 is 0 Å². The van der Waals surface area contributed by atoms with Crippen molar-refractivity contribution in [2.75, 3.05) is 14.2 Å². The SMILES string of the molecule is COC(=O)C1=C(C)N=C2CC(C)(C)CC(=O)C2C1c1ccc(-c2ccc(C(=O)OC)cc2)cc1. The summed E-state index contributed by atoms with van der Waals surface area (Å²) in [6, 6.07) is 15.0. The first kappa shape index (κ1) is 23.6. The molecule has 2 atom stereocenters. The number of methoxy groups -OCH3 is 2. The molecule has 2 aliphatic rings. The number of aliphatic imine (C=N–C) groups is 1. The number of hydrogen-bond acceptors (Lipinski definition) is 6. The van der Waals surface area contributed by atoms with Crippen LogP contribution in [0.15, 0.2) is 64.8 Å². The Balaban J connectivity index is 1.72. The minimum Gasteiger partial charge on any atom is -0.466 e. The quantitative estimate of drug-likeness (QED) is 0.592. The molecule has 0 amide bonds. The second kappa shape index (κ2) is 9.01. The average molecular weight is 460 g/mol. The number of allylic oxidation sites excluding steroid dienone is 1. The maximum absolute atomic E-state index is 13.3. The number of rotatable bonds is 4. The summed E-state index contributed by atoms with van der Waals surface area (Å²) in [6.07, 6.45) is 1.17. The van der Waals surface area contributed by atoms with Gasteiger partial charge in [0.1, 0.15) is 5.78 Å². The number of ketones is 1. The van der Waals surface area contributed by atoms with Crippen molar-refractivity contribution < 1.29 is 23.9 Å². The van der Waals surface area contributed by atoms with E-state index in [1.165, 1.54) is 14.2 Å². The average Bonchev–Trinajstić information content (AvgIpc) is 2.81. The number of fused-ring (bicyclic) bond motifs is 1. The summed E-state index contributed by atoms with van der Waals surface area (Å²) in [5, 5.41) is 0. The summed E-state index contributed by atoms with van der Waals surface area (Å²) >= 11 is 0. The maximum atomic E-state index is 13.3. The molecule has 1 saturated carbocycles. The van der Waals surface area contributed by atoms with Crippen LogP contribution in [0.2, 0.25) is 0 Å². The predicted molar refractivity (Wildman–Crippen MR) is 130 cm³/mol. The first-order valence-electron chi connectivity index (χ1n) is 11.3. The highest BCUT2D eigenvalue weighted by Gasteiger charge is 2.47. The second-order valence-corrected chi connectivity index (χ2v) is 9.72. The highest BCUT2D eigenvalue weighted by molar-refractivity contribution is 6.12. The van der Waals surface area contributed by atoms with Gasteiger partial charge in [0.15, 0.2) is 0 Å². The Hall–Kier alpha value is -3.54. The summed E-state index contributed by atoms with van der Waals surface area (Å²) in [5.74, 6) is -1.62. The molecule has 6 nitrogen and oxygen atoms in total. The summed E-state index contributed by atoms with van der Waals surface area (Å²) < 4.78 is 9.84. The summed E-state index contributed by atoms with van der Waals surface area (Å²) in [4.78, 5) is 42.5. The lowest BCUT2D eigenvalue weighted by molar-refractivity contribution is -0.136. The van der Waals surface area contributed by atoms with Crippen molar-refractivity contribution in [2.45, 2.75) is 39.5 Å². The molecule has 4 rings (SSSR count). The molecule has 0 bridgehead atoms. The largest absolute Gasteiger partial charge is 0.466 e. The van der Waals surface area contributed by atoms with Gasteiger partial charge in [0, 0.05) is 23.7 Å².